The molecule has 104 valence electrons. The molecule has 2 aromatic rings. The summed E-state index contributed by atoms with van der Waals surface area (Å²) in [5, 5.41) is 14.1. The lowest BCUT2D eigenvalue weighted by atomic mass is 10.1. The minimum atomic E-state index is -0.374. The zero-order chi connectivity index (χ0) is 14.7. The molecule has 0 atom stereocenters. The average Bonchev–Trinajstić information content (AvgIpc) is 2.41. The molecule has 0 aliphatic carbocycles. The Morgan fingerprint density at radius 3 is 2.35 bits per heavy atom. The highest BCUT2D eigenvalue weighted by molar-refractivity contribution is 5.57. The number of benzene rings is 2. The van der Waals surface area contributed by atoms with Gasteiger partial charge in [-0.25, -0.2) is 0 Å². The molecule has 4 nitrogen and oxygen atoms in total. The molecule has 0 aliphatic heterocycles. The van der Waals surface area contributed by atoms with Crippen molar-refractivity contribution in [2.24, 2.45) is 0 Å². The maximum absolute atomic E-state index is 10.8. The lowest BCUT2D eigenvalue weighted by Crippen LogP contribution is -2.02. The number of non-ortho nitro benzene ring substituents is 1. The molecule has 2 aromatic carbocycles. The normalized spacial score (nSPS) is 10.3. The van der Waals surface area contributed by atoms with Crippen LogP contribution in [0.3, 0.4) is 0 Å². The summed E-state index contributed by atoms with van der Waals surface area (Å²) in [6.45, 7) is 6.75. The summed E-state index contributed by atoms with van der Waals surface area (Å²) in [6.07, 6.45) is 0. The third-order valence-corrected chi connectivity index (χ3v) is 3.49. The third kappa shape index (κ3) is 3.15. The van der Waals surface area contributed by atoms with Gasteiger partial charge in [0, 0.05) is 24.4 Å². The minimum Gasteiger partial charge on any atom is -0.381 e. The fraction of sp³-hybridized carbons (Fsp3) is 0.250. The summed E-state index contributed by atoms with van der Waals surface area (Å²) in [6, 6.07) is 11.2. The number of nitrogens with one attached hydrogen (secondary N) is 1. The molecule has 0 heterocycles. The first kappa shape index (κ1) is 14.1. The number of hydrogen-bond acceptors (Lipinski definition) is 3. The average molecular weight is 270 g/mol. The van der Waals surface area contributed by atoms with Crippen molar-refractivity contribution in [2.75, 3.05) is 5.32 Å². The van der Waals surface area contributed by atoms with Crippen molar-refractivity contribution >= 4 is 11.4 Å². The van der Waals surface area contributed by atoms with E-state index >= 15 is 0 Å². The van der Waals surface area contributed by atoms with Gasteiger partial charge in [0.25, 0.3) is 5.69 Å². The Hall–Kier alpha value is -2.36. The van der Waals surface area contributed by atoms with Crippen LogP contribution in [0.5, 0.6) is 0 Å². The van der Waals surface area contributed by atoms with Crippen LogP contribution in [0.4, 0.5) is 11.4 Å². The number of nitro benzene ring substituents is 1. The molecule has 0 bridgehead atoms. The Bertz CT molecular complexity index is 651. The fourth-order valence-electron chi connectivity index (χ4n) is 2.02. The quantitative estimate of drug-likeness (QED) is 0.671. The Morgan fingerprint density at radius 1 is 1.00 bits per heavy atom. The second kappa shape index (κ2) is 5.74. The summed E-state index contributed by atoms with van der Waals surface area (Å²) in [5.41, 5.74) is 5.59. The topological polar surface area (TPSA) is 55.2 Å². The molecule has 0 fully saturated rings. The minimum absolute atomic E-state index is 0.109. The third-order valence-electron chi connectivity index (χ3n) is 3.49. The van der Waals surface area contributed by atoms with Crippen LogP contribution in [0.15, 0.2) is 36.4 Å². The van der Waals surface area contributed by atoms with Crippen molar-refractivity contribution in [2.45, 2.75) is 27.3 Å². The van der Waals surface area contributed by atoms with Crippen molar-refractivity contribution in [1.29, 1.82) is 0 Å². The van der Waals surface area contributed by atoms with Crippen LogP contribution in [-0.2, 0) is 6.54 Å². The van der Waals surface area contributed by atoms with Gasteiger partial charge in [-0.15, -0.1) is 0 Å². The first-order chi connectivity index (χ1) is 9.47. The van der Waals surface area contributed by atoms with E-state index < -0.39 is 0 Å². The molecule has 4 heteroatoms. The zero-order valence-electron chi connectivity index (χ0n) is 11.9. The summed E-state index contributed by atoms with van der Waals surface area (Å²) in [4.78, 5) is 10.4. The van der Waals surface area contributed by atoms with Crippen molar-refractivity contribution in [3.05, 3.63) is 68.8 Å². The molecule has 0 spiro atoms. The van der Waals surface area contributed by atoms with Crippen molar-refractivity contribution < 1.29 is 4.92 Å². The van der Waals surface area contributed by atoms with Gasteiger partial charge in [-0.05, 0) is 43.0 Å². The van der Waals surface area contributed by atoms with Gasteiger partial charge in [-0.2, -0.15) is 0 Å². The smallest absolute Gasteiger partial charge is 0.271 e. The van der Waals surface area contributed by atoms with E-state index in [1.165, 1.54) is 22.8 Å². The molecule has 0 amide bonds. The molecule has 0 saturated heterocycles. The first-order valence-corrected chi connectivity index (χ1v) is 6.52. The standard InChI is InChI=1S/C16H18N2O2/c1-11-4-6-14(8-13(11)3)10-17-16-9-15(18(19)20)7-5-12(16)2/h4-9,17H,10H2,1-3H3. The second-order valence-corrected chi connectivity index (χ2v) is 5.03. The summed E-state index contributed by atoms with van der Waals surface area (Å²) in [5.74, 6) is 0. The zero-order valence-corrected chi connectivity index (χ0v) is 11.9. The van der Waals surface area contributed by atoms with E-state index in [1.54, 1.807) is 12.1 Å². The van der Waals surface area contributed by atoms with E-state index in [0.717, 1.165) is 11.3 Å². The Labute approximate surface area is 118 Å². The van der Waals surface area contributed by atoms with E-state index in [1.807, 2.05) is 6.92 Å². The molecule has 2 rings (SSSR count). The molecule has 0 aromatic heterocycles. The Balaban J connectivity index is 2.15. The van der Waals surface area contributed by atoms with Gasteiger partial charge in [-0.3, -0.25) is 10.1 Å². The van der Waals surface area contributed by atoms with E-state index in [-0.39, 0.29) is 10.6 Å². The number of nitro groups is 1. The van der Waals surface area contributed by atoms with E-state index in [2.05, 4.69) is 37.4 Å². The van der Waals surface area contributed by atoms with Crippen LogP contribution in [0, 0.1) is 30.9 Å². The molecular formula is C16H18N2O2. The Morgan fingerprint density at radius 2 is 1.70 bits per heavy atom. The molecule has 0 unspecified atom stereocenters. The van der Waals surface area contributed by atoms with Gasteiger partial charge < -0.3 is 5.32 Å². The summed E-state index contributed by atoms with van der Waals surface area (Å²) in [7, 11) is 0. The van der Waals surface area contributed by atoms with Gasteiger partial charge >= 0.3 is 0 Å². The molecular weight excluding hydrogens is 252 g/mol. The highest BCUT2D eigenvalue weighted by Crippen LogP contribution is 2.22. The molecule has 0 radical (unpaired) electrons. The van der Waals surface area contributed by atoms with E-state index in [0.29, 0.717) is 6.54 Å². The number of nitrogens with zero attached hydrogens (tertiary/aromatic N) is 1. The van der Waals surface area contributed by atoms with Gasteiger partial charge in [0.2, 0.25) is 0 Å². The van der Waals surface area contributed by atoms with Gasteiger partial charge in [0.05, 0.1) is 4.92 Å². The second-order valence-electron chi connectivity index (χ2n) is 5.03. The maximum atomic E-state index is 10.8. The van der Waals surface area contributed by atoms with Crippen molar-refractivity contribution in [1.82, 2.24) is 0 Å². The monoisotopic (exact) mass is 270 g/mol. The first-order valence-electron chi connectivity index (χ1n) is 6.52. The number of hydrogen-bond donors (Lipinski definition) is 1. The fourth-order valence-corrected chi connectivity index (χ4v) is 2.02. The summed E-state index contributed by atoms with van der Waals surface area (Å²) >= 11 is 0. The number of rotatable bonds is 4. The lowest BCUT2D eigenvalue weighted by Gasteiger charge is -2.10. The van der Waals surface area contributed by atoms with Crippen LogP contribution >= 0.6 is 0 Å². The predicted molar refractivity (Wildman–Crippen MR) is 81.1 cm³/mol. The molecule has 0 aliphatic rings. The largest absolute Gasteiger partial charge is 0.381 e. The van der Waals surface area contributed by atoms with Crippen LogP contribution in [0.1, 0.15) is 22.3 Å². The van der Waals surface area contributed by atoms with Crippen LogP contribution in [0.25, 0.3) is 0 Å². The highest BCUT2D eigenvalue weighted by atomic mass is 16.6. The van der Waals surface area contributed by atoms with Gasteiger partial charge in [0.1, 0.15) is 0 Å². The maximum Gasteiger partial charge on any atom is 0.271 e. The number of aryl methyl sites for hydroxylation is 3. The summed E-state index contributed by atoms with van der Waals surface area (Å²) < 4.78 is 0. The Kier molecular flexibility index (Phi) is 4.03. The molecule has 0 saturated carbocycles. The van der Waals surface area contributed by atoms with Crippen LogP contribution in [-0.4, -0.2) is 4.92 Å². The lowest BCUT2D eigenvalue weighted by molar-refractivity contribution is -0.384. The highest BCUT2D eigenvalue weighted by Gasteiger charge is 2.08. The van der Waals surface area contributed by atoms with Crippen molar-refractivity contribution in [3.63, 3.8) is 0 Å². The van der Waals surface area contributed by atoms with E-state index in [9.17, 15) is 10.1 Å². The SMILES string of the molecule is Cc1ccc(CNc2cc([N+](=O)[O-])ccc2C)cc1C. The molecule has 20 heavy (non-hydrogen) atoms. The molecule has 1 N–H and O–H groups in total. The van der Waals surface area contributed by atoms with Crippen LogP contribution < -0.4 is 5.32 Å². The van der Waals surface area contributed by atoms with Gasteiger partial charge in [0.15, 0.2) is 0 Å². The van der Waals surface area contributed by atoms with E-state index in [4.69, 9.17) is 0 Å². The predicted octanol–water partition coefficient (Wildman–Crippen LogP) is 4.13. The van der Waals surface area contributed by atoms with Crippen molar-refractivity contribution in [3.8, 4) is 0 Å². The number of anilines is 1. The van der Waals surface area contributed by atoms with Crippen LogP contribution in [0.2, 0.25) is 0 Å². The van der Waals surface area contributed by atoms with Gasteiger partial charge in [-0.1, -0.05) is 24.3 Å².